The molecule has 0 bridgehead atoms. The number of methoxy groups -OCH3 is 1. The molecule has 0 fully saturated rings. The van der Waals surface area contributed by atoms with E-state index in [1.807, 2.05) is 6.07 Å². The molecular weight excluding hydrogens is 407 g/mol. The molecule has 0 radical (unpaired) electrons. The number of hydrogen-bond acceptors (Lipinski definition) is 7. The van der Waals surface area contributed by atoms with E-state index in [4.69, 9.17) is 19.0 Å². The first-order chi connectivity index (χ1) is 14.3. The number of nitrogens with one attached hydrogen (secondary N) is 1. The Bertz CT molecular complexity index is 958. The molecule has 0 aliphatic heterocycles. The summed E-state index contributed by atoms with van der Waals surface area (Å²) >= 11 is 0. The first-order valence-corrected chi connectivity index (χ1v) is 10.7. The van der Waals surface area contributed by atoms with E-state index in [-0.39, 0.29) is 12.6 Å². The average Bonchev–Trinajstić information content (AvgIpc) is 2.78. The minimum atomic E-state index is -3.21. The number of benzene rings is 2. The summed E-state index contributed by atoms with van der Waals surface area (Å²) in [6, 6.07) is 14.3. The van der Waals surface area contributed by atoms with Gasteiger partial charge in [-0.05, 0) is 35.4 Å². The van der Waals surface area contributed by atoms with Crippen LogP contribution in [0.5, 0.6) is 0 Å². The van der Waals surface area contributed by atoms with Crippen LogP contribution in [-0.2, 0) is 35.7 Å². The quantitative estimate of drug-likeness (QED) is 0.480. The normalized spacial score (nSPS) is 11.9. The number of rotatable bonds is 9. The number of ether oxygens (including phenoxy) is 1. The predicted molar refractivity (Wildman–Crippen MR) is 110 cm³/mol. The number of carbonyl (C=O) groups excluding carboxylic acids is 2. The fraction of sp³-hybridized carbons (Fsp3) is 0.286. The Morgan fingerprint density at radius 3 is 2.07 bits per heavy atom. The molecule has 0 aliphatic rings. The van der Waals surface area contributed by atoms with Gasteiger partial charge in [0, 0.05) is 26.2 Å². The zero-order valence-electron chi connectivity index (χ0n) is 17.0. The molecule has 0 spiro atoms. The van der Waals surface area contributed by atoms with Gasteiger partial charge in [-0.2, -0.15) is 5.26 Å². The highest BCUT2D eigenvalue weighted by molar-refractivity contribution is 7.52. The van der Waals surface area contributed by atoms with Crippen LogP contribution in [0.4, 0.5) is 0 Å². The highest BCUT2D eigenvalue weighted by Crippen LogP contribution is 2.49. The molecule has 1 N–H and O–H groups in total. The summed E-state index contributed by atoms with van der Waals surface area (Å²) in [5.74, 6) is -1.03. The second-order valence-corrected chi connectivity index (χ2v) is 8.66. The van der Waals surface area contributed by atoms with Crippen molar-refractivity contribution in [3.05, 3.63) is 70.8 Å². The largest absolute Gasteiger partial charge is 0.467 e. The van der Waals surface area contributed by atoms with E-state index in [0.717, 1.165) is 5.56 Å². The summed E-state index contributed by atoms with van der Waals surface area (Å²) in [5.41, 5.74) is 2.29. The third kappa shape index (κ3) is 6.26. The second kappa shape index (κ2) is 10.7. The summed E-state index contributed by atoms with van der Waals surface area (Å²) in [6.45, 7) is 0. The summed E-state index contributed by atoms with van der Waals surface area (Å²) in [6.07, 6.45) is 0.290. The van der Waals surface area contributed by atoms with Crippen LogP contribution in [-0.4, -0.2) is 39.2 Å². The number of esters is 1. The Morgan fingerprint density at radius 1 is 1.00 bits per heavy atom. The van der Waals surface area contributed by atoms with Crippen molar-refractivity contribution >= 4 is 19.5 Å². The van der Waals surface area contributed by atoms with E-state index >= 15 is 0 Å². The van der Waals surface area contributed by atoms with Gasteiger partial charge in [0.1, 0.15) is 6.04 Å². The van der Waals surface area contributed by atoms with E-state index in [2.05, 4.69) is 5.32 Å². The highest BCUT2D eigenvalue weighted by Gasteiger charge is 2.24. The van der Waals surface area contributed by atoms with Crippen LogP contribution in [0.3, 0.4) is 0 Å². The first kappa shape index (κ1) is 23.3. The van der Waals surface area contributed by atoms with Crippen LogP contribution < -0.4 is 5.32 Å². The van der Waals surface area contributed by atoms with Gasteiger partial charge < -0.3 is 19.1 Å². The third-order valence-corrected chi connectivity index (χ3v) is 6.33. The zero-order chi connectivity index (χ0) is 22.1. The van der Waals surface area contributed by atoms with Gasteiger partial charge in [0.2, 0.25) is 0 Å². The zero-order valence-corrected chi connectivity index (χ0v) is 17.8. The molecule has 1 atom stereocenters. The average molecular weight is 430 g/mol. The summed E-state index contributed by atoms with van der Waals surface area (Å²) in [5, 5.41) is 11.5. The Morgan fingerprint density at radius 2 is 1.57 bits per heavy atom. The van der Waals surface area contributed by atoms with Crippen molar-refractivity contribution in [2.45, 2.75) is 18.6 Å². The van der Waals surface area contributed by atoms with Crippen LogP contribution in [0.2, 0.25) is 0 Å². The van der Waals surface area contributed by atoms with Gasteiger partial charge in [-0.1, -0.05) is 24.3 Å². The smallest absolute Gasteiger partial charge is 0.334 e. The fourth-order valence-electron chi connectivity index (χ4n) is 2.72. The van der Waals surface area contributed by atoms with E-state index in [1.54, 1.807) is 48.5 Å². The van der Waals surface area contributed by atoms with Gasteiger partial charge in [0.25, 0.3) is 5.91 Å². The molecule has 158 valence electrons. The van der Waals surface area contributed by atoms with Crippen molar-refractivity contribution in [3.63, 3.8) is 0 Å². The molecule has 0 aliphatic carbocycles. The second-order valence-electron chi connectivity index (χ2n) is 6.39. The van der Waals surface area contributed by atoms with Crippen molar-refractivity contribution in [1.82, 2.24) is 5.32 Å². The fourth-order valence-corrected chi connectivity index (χ4v) is 3.78. The summed E-state index contributed by atoms with van der Waals surface area (Å²) in [4.78, 5) is 24.7. The molecule has 1 amide bonds. The number of carbonyl (C=O) groups is 2. The predicted octanol–water partition coefficient (Wildman–Crippen LogP) is 3.06. The minimum Gasteiger partial charge on any atom is -0.467 e. The van der Waals surface area contributed by atoms with Gasteiger partial charge >= 0.3 is 13.6 Å². The highest BCUT2D eigenvalue weighted by atomic mass is 31.2. The molecule has 0 saturated carbocycles. The van der Waals surface area contributed by atoms with E-state index in [9.17, 15) is 14.2 Å². The minimum absolute atomic E-state index is 0.0748. The molecule has 9 heteroatoms. The first-order valence-electron chi connectivity index (χ1n) is 9.01. The monoisotopic (exact) mass is 430 g/mol. The lowest BCUT2D eigenvalue weighted by Crippen LogP contribution is -2.43. The lowest BCUT2D eigenvalue weighted by Gasteiger charge is -2.17. The molecule has 30 heavy (non-hydrogen) atoms. The van der Waals surface area contributed by atoms with Crippen LogP contribution >= 0.6 is 7.60 Å². The lowest BCUT2D eigenvalue weighted by atomic mass is 10.0. The molecule has 2 rings (SSSR count). The molecule has 0 heterocycles. The maximum Gasteiger partial charge on any atom is 0.334 e. The van der Waals surface area contributed by atoms with E-state index < -0.39 is 25.5 Å². The van der Waals surface area contributed by atoms with Crippen molar-refractivity contribution in [2.75, 3.05) is 21.3 Å². The maximum atomic E-state index is 12.6. The Hall–Kier alpha value is -2.98. The third-order valence-electron chi connectivity index (χ3n) is 4.46. The Labute approximate surface area is 175 Å². The number of nitriles is 1. The van der Waals surface area contributed by atoms with Crippen molar-refractivity contribution in [2.24, 2.45) is 0 Å². The molecule has 0 unspecified atom stereocenters. The van der Waals surface area contributed by atoms with Gasteiger partial charge in [-0.3, -0.25) is 9.36 Å². The van der Waals surface area contributed by atoms with Crippen LogP contribution in [0.25, 0.3) is 0 Å². The van der Waals surface area contributed by atoms with Crippen molar-refractivity contribution in [1.29, 1.82) is 5.26 Å². The SMILES string of the molecule is COC(=O)[C@H](Cc1ccc(C#N)cc1)NC(=O)c1ccc(CP(=O)(OC)OC)cc1. The Kier molecular flexibility index (Phi) is 8.31. The standard InChI is InChI=1S/C21H23N2O6P/c1-27-21(25)19(12-15-4-6-16(13-22)7-5-15)23-20(24)18-10-8-17(9-11-18)14-30(26,28-2)29-3/h4-11,19H,12,14H2,1-3H3,(H,23,24)/t19-/m0/s1. The molecule has 2 aromatic rings. The summed E-state index contributed by atoms with van der Waals surface area (Å²) < 4.78 is 26.8. The van der Waals surface area contributed by atoms with Crippen molar-refractivity contribution < 1.29 is 27.9 Å². The Balaban J connectivity index is 2.10. The number of hydrogen-bond donors (Lipinski definition) is 1. The maximum absolute atomic E-state index is 12.6. The van der Waals surface area contributed by atoms with Gasteiger partial charge in [-0.25, -0.2) is 4.79 Å². The molecule has 0 saturated heterocycles. The van der Waals surface area contributed by atoms with Gasteiger partial charge in [0.05, 0.1) is 24.9 Å². The van der Waals surface area contributed by atoms with Crippen LogP contribution in [0, 0.1) is 11.3 Å². The van der Waals surface area contributed by atoms with Crippen LogP contribution in [0.1, 0.15) is 27.0 Å². The molecular formula is C21H23N2O6P. The van der Waals surface area contributed by atoms with Gasteiger partial charge in [-0.15, -0.1) is 0 Å². The molecule has 2 aromatic carbocycles. The number of amides is 1. The van der Waals surface area contributed by atoms with Crippen LogP contribution in [0.15, 0.2) is 48.5 Å². The van der Waals surface area contributed by atoms with E-state index in [0.29, 0.717) is 16.7 Å². The lowest BCUT2D eigenvalue weighted by molar-refractivity contribution is -0.142. The van der Waals surface area contributed by atoms with Crippen molar-refractivity contribution in [3.8, 4) is 6.07 Å². The topological polar surface area (TPSA) is 115 Å². The van der Waals surface area contributed by atoms with E-state index in [1.165, 1.54) is 21.3 Å². The molecule has 0 aromatic heterocycles. The number of nitrogens with zero attached hydrogens (tertiary/aromatic N) is 1. The summed E-state index contributed by atoms with van der Waals surface area (Å²) in [7, 11) is 0.665. The van der Waals surface area contributed by atoms with Gasteiger partial charge in [0.15, 0.2) is 0 Å². The molecule has 8 nitrogen and oxygen atoms in total.